The van der Waals surface area contributed by atoms with E-state index in [2.05, 4.69) is 27.5 Å². The number of anilines is 2. The van der Waals surface area contributed by atoms with E-state index in [1.54, 1.807) is 0 Å². The molecular formula is C21H26N4O2. The van der Waals surface area contributed by atoms with Crippen LogP contribution in [0.3, 0.4) is 0 Å². The van der Waals surface area contributed by atoms with Crippen LogP contribution in [0.25, 0.3) is 0 Å². The van der Waals surface area contributed by atoms with Crippen molar-refractivity contribution in [2.75, 3.05) is 50.0 Å². The van der Waals surface area contributed by atoms with Crippen LogP contribution in [0.4, 0.5) is 11.4 Å². The highest BCUT2D eigenvalue weighted by Crippen LogP contribution is 2.19. The first kappa shape index (κ1) is 18.9. The van der Waals surface area contributed by atoms with Crippen molar-refractivity contribution < 1.29 is 9.59 Å². The molecule has 3 rings (SSSR count). The number of carbonyl (C=O) groups is 2. The molecule has 2 aromatic carbocycles. The lowest BCUT2D eigenvalue weighted by atomic mass is 10.1. The predicted octanol–water partition coefficient (Wildman–Crippen LogP) is 1.74. The van der Waals surface area contributed by atoms with E-state index < -0.39 is 0 Å². The first-order chi connectivity index (χ1) is 13.1. The van der Waals surface area contributed by atoms with Gasteiger partial charge >= 0.3 is 0 Å². The Morgan fingerprint density at radius 3 is 2.22 bits per heavy atom. The van der Waals surface area contributed by atoms with Crippen molar-refractivity contribution in [1.29, 1.82) is 0 Å². The molecule has 6 heteroatoms. The van der Waals surface area contributed by atoms with Crippen molar-refractivity contribution in [3.8, 4) is 0 Å². The molecule has 0 aliphatic carbocycles. The second kappa shape index (κ2) is 9.19. The van der Waals surface area contributed by atoms with E-state index in [4.69, 9.17) is 0 Å². The lowest BCUT2D eigenvalue weighted by Gasteiger charge is -2.34. The van der Waals surface area contributed by atoms with Gasteiger partial charge in [0.15, 0.2) is 0 Å². The third kappa shape index (κ3) is 5.82. The van der Waals surface area contributed by atoms with E-state index in [0.29, 0.717) is 0 Å². The molecule has 1 heterocycles. The zero-order valence-electron chi connectivity index (χ0n) is 15.6. The zero-order valence-corrected chi connectivity index (χ0v) is 15.6. The van der Waals surface area contributed by atoms with Gasteiger partial charge in [0.1, 0.15) is 0 Å². The molecule has 1 saturated heterocycles. The SMILES string of the molecule is CN1CCN(c2ccc(NC(=O)CNC(=O)Cc3ccccc3)cc2)CC1. The van der Waals surface area contributed by atoms with Gasteiger partial charge in [0.05, 0.1) is 13.0 Å². The maximum atomic E-state index is 12.1. The first-order valence-corrected chi connectivity index (χ1v) is 9.24. The number of carbonyl (C=O) groups excluding carboxylic acids is 2. The molecule has 27 heavy (non-hydrogen) atoms. The van der Waals surface area contributed by atoms with Gasteiger partial charge in [-0.1, -0.05) is 30.3 Å². The van der Waals surface area contributed by atoms with Gasteiger partial charge in [-0.15, -0.1) is 0 Å². The minimum Gasteiger partial charge on any atom is -0.369 e. The summed E-state index contributed by atoms with van der Waals surface area (Å²) in [6.07, 6.45) is 0.272. The van der Waals surface area contributed by atoms with Crippen molar-refractivity contribution in [2.24, 2.45) is 0 Å². The summed E-state index contributed by atoms with van der Waals surface area (Å²) < 4.78 is 0. The van der Waals surface area contributed by atoms with Gasteiger partial charge in [0.25, 0.3) is 0 Å². The molecule has 6 nitrogen and oxygen atoms in total. The molecule has 0 aromatic heterocycles. The maximum absolute atomic E-state index is 12.1. The Morgan fingerprint density at radius 2 is 1.56 bits per heavy atom. The Kier molecular flexibility index (Phi) is 6.44. The lowest BCUT2D eigenvalue weighted by Crippen LogP contribution is -2.44. The molecule has 1 fully saturated rings. The van der Waals surface area contributed by atoms with E-state index in [0.717, 1.165) is 43.1 Å². The first-order valence-electron chi connectivity index (χ1n) is 9.24. The number of hydrogen-bond acceptors (Lipinski definition) is 4. The number of amides is 2. The monoisotopic (exact) mass is 366 g/mol. The van der Waals surface area contributed by atoms with Gasteiger partial charge in [-0.25, -0.2) is 0 Å². The second-order valence-electron chi connectivity index (χ2n) is 6.82. The van der Waals surface area contributed by atoms with Crippen LogP contribution in [0.2, 0.25) is 0 Å². The van der Waals surface area contributed by atoms with Gasteiger partial charge < -0.3 is 20.4 Å². The van der Waals surface area contributed by atoms with Crippen molar-refractivity contribution >= 4 is 23.2 Å². The van der Waals surface area contributed by atoms with Gasteiger partial charge in [-0.2, -0.15) is 0 Å². The summed E-state index contributed by atoms with van der Waals surface area (Å²) in [6.45, 7) is 4.10. The average Bonchev–Trinajstić information content (AvgIpc) is 2.68. The van der Waals surface area contributed by atoms with Crippen LogP contribution in [0.15, 0.2) is 54.6 Å². The molecule has 142 valence electrons. The van der Waals surface area contributed by atoms with Crippen molar-refractivity contribution in [3.05, 3.63) is 60.2 Å². The van der Waals surface area contributed by atoms with Crippen LogP contribution in [0, 0.1) is 0 Å². The second-order valence-corrected chi connectivity index (χ2v) is 6.82. The minimum atomic E-state index is -0.233. The number of nitrogens with one attached hydrogen (secondary N) is 2. The number of piperazine rings is 1. The molecule has 0 radical (unpaired) electrons. The largest absolute Gasteiger partial charge is 0.369 e. The summed E-state index contributed by atoms with van der Waals surface area (Å²) in [5, 5.41) is 5.47. The number of hydrogen-bond donors (Lipinski definition) is 2. The Hall–Kier alpha value is -2.86. The van der Waals surface area contributed by atoms with Crippen molar-refractivity contribution in [1.82, 2.24) is 10.2 Å². The third-order valence-corrected chi connectivity index (χ3v) is 4.67. The molecule has 0 atom stereocenters. The van der Waals surface area contributed by atoms with Gasteiger partial charge in [0.2, 0.25) is 11.8 Å². The van der Waals surface area contributed by atoms with E-state index in [1.165, 1.54) is 0 Å². The smallest absolute Gasteiger partial charge is 0.243 e. The normalized spacial score (nSPS) is 14.6. The van der Waals surface area contributed by atoms with E-state index in [9.17, 15) is 9.59 Å². The van der Waals surface area contributed by atoms with Crippen LogP contribution >= 0.6 is 0 Å². The molecule has 1 aliphatic heterocycles. The van der Waals surface area contributed by atoms with Gasteiger partial charge in [-0.05, 0) is 36.9 Å². The van der Waals surface area contributed by atoms with Crippen LogP contribution in [-0.2, 0) is 16.0 Å². The highest BCUT2D eigenvalue weighted by molar-refractivity contribution is 5.94. The Morgan fingerprint density at radius 1 is 0.889 bits per heavy atom. The Bertz CT molecular complexity index is 754. The molecular weight excluding hydrogens is 340 g/mol. The van der Waals surface area contributed by atoms with Gasteiger partial charge in [0, 0.05) is 37.6 Å². The fourth-order valence-electron chi connectivity index (χ4n) is 3.05. The molecule has 0 unspecified atom stereocenters. The van der Waals surface area contributed by atoms with E-state index >= 15 is 0 Å². The molecule has 2 aromatic rings. The zero-order chi connectivity index (χ0) is 19.1. The van der Waals surface area contributed by atoms with Crippen molar-refractivity contribution in [2.45, 2.75) is 6.42 Å². The third-order valence-electron chi connectivity index (χ3n) is 4.67. The number of nitrogens with zero attached hydrogens (tertiary/aromatic N) is 2. The quantitative estimate of drug-likeness (QED) is 0.817. The summed E-state index contributed by atoms with van der Waals surface area (Å²) >= 11 is 0. The van der Waals surface area contributed by atoms with E-state index in [-0.39, 0.29) is 24.8 Å². The molecule has 1 aliphatic rings. The topological polar surface area (TPSA) is 64.7 Å². The van der Waals surface area contributed by atoms with Crippen LogP contribution < -0.4 is 15.5 Å². The molecule has 0 spiro atoms. The standard InChI is InChI=1S/C21H26N4O2/c1-24-11-13-25(14-12-24)19-9-7-18(8-10-19)23-21(27)16-22-20(26)15-17-5-3-2-4-6-17/h2-10H,11-16H2,1H3,(H,22,26)(H,23,27). The summed E-state index contributed by atoms with van der Waals surface area (Å²) in [5.41, 5.74) is 2.82. The highest BCUT2D eigenvalue weighted by atomic mass is 16.2. The molecule has 0 bridgehead atoms. The molecule has 2 N–H and O–H groups in total. The van der Waals surface area contributed by atoms with E-state index in [1.807, 2.05) is 54.6 Å². The van der Waals surface area contributed by atoms with Crippen LogP contribution in [-0.4, -0.2) is 56.5 Å². The molecule has 2 amide bonds. The maximum Gasteiger partial charge on any atom is 0.243 e. The summed E-state index contributed by atoms with van der Waals surface area (Å²) in [6, 6.07) is 17.3. The number of benzene rings is 2. The Balaban J connectivity index is 1.43. The average molecular weight is 366 g/mol. The number of rotatable bonds is 6. The fraction of sp³-hybridized carbons (Fsp3) is 0.333. The fourth-order valence-corrected chi connectivity index (χ4v) is 3.05. The summed E-state index contributed by atoms with van der Waals surface area (Å²) in [4.78, 5) is 28.6. The summed E-state index contributed by atoms with van der Waals surface area (Å²) in [5.74, 6) is -0.398. The van der Waals surface area contributed by atoms with Crippen molar-refractivity contribution in [3.63, 3.8) is 0 Å². The van der Waals surface area contributed by atoms with Gasteiger partial charge in [-0.3, -0.25) is 9.59 Å². The van der Waals surface area contributed by atoms with Crippen LogP contribution in [0.5, 0.6) is 0 Å². The molecule has 0 saturated carbocycles. The highest BCUT2D eigenvalue weighted by Gasteiger charge is 2.14. The Labute approximate surface area is 160 Å². The minimum absolute atomic E-state index is 0.0358. The number of likely N-dealkylation sites (N-methyl/N-ethyl adjacent to an activating group) is 1. The lowest BCUT2D eigenvalue weighted by molar-refractivity contribution is -0.123. The summed E-state index contributed by atoms with van der Waals surface area (Å²) in [7, 11) is 2.13. The predicted molar refractivity (Wildman–Crippen MR) is 108 cm³/mol. The van der Waals surface area contributed by atoms with Crippen LogP contribution in [0.1, 0.15) is 5.56 Å².